The van der Waals surface area contributed by atoms with Crippen LogP contribution in [0.15, 0.2) is 24.3 Å². The summed E-state index contributed by atoms with van der Waals surface area (Å²) in [5.41, 5.74) is 1.70. The van der Waals surface area contributed by atoms with Gasteiger partial charge in [-0.25, -0.2) is 9.18 Å². The Hall–Kier alpha value is -2.75. The monoisotopic (exact) mass is 369 g/mol. The Bertz CT molecular complexity index is 917. The second kappa shape index (κ2) is 6.76. The Balaban J connectivity index is 1.51. The molecule has 0 saturated carbocycles. The van der Waals surface area contributed by atoms with E-state index in [2.05, 4.69) is 16.3 Å². The number of anilines is 1. The third-order valence-corrected chi connectivity index (χ3v) is 5.79. The van der Waals surface area contributed by atoms with E-state index in [-0.39, 0.29) is 24.7 Å². The van der Waals surface area contributed by atoms with E-state index in [1.54, 1.807) is 4.90 Å². The molecule has 7 heteroatoms. The predicted molar refractivity (Wildman–Crippen MR) is 102 cm³/mol. The molecule has 2 aliphatic heterocycles. The van der Waals surface area contributed by atoms with Crippen molar-refractivity contribution < 1.29 is 9.18 Å². The Morgan fingerprint density at radius 3 is 2.81 bits per heavy atom. The van der Waals surface area contributed by atoms with E-state index in [1.807, 2.05) is 42.8 Å². The van der Waals surface area contributed by atoms with Crippen molar-refractivity contribution in [2.75, 3.05) is 24.5 Å². The molecular formula is C20H24FN5O. The maximum Gasteiger partial charge on any atom is 0.318 e. The average Bonchev–Trinajstić information content (AvgIpc) is 3.31. The number of nitriles is 1. The molecule has 3 heterocycles. The zero-order valence-electron chi connectivity index (χ0n) is 15.7. The van der Waals surface area contributed by atoms with Gasteiger partial charge in [-0.1, -0.05) is 18.2 Å². The predicted octanol–water partition coefficient (Wildman–Crippen LogP) is 2.77. The highest BCUT2D eigenvalue weighted by molar-refractivity contribution is 5.93. The molecule has 27 heavy (non-hydrogen) atoms. The van der Waals surface area contributed by atoms with Crippen LogP contribution in [0.1, 0.15) is 25.3 Å². The summed E-state index contributed by atoms with van der Waals surface area (Å²) >= 11 is 0. The van der Waals surface area contributed by atoms with E-state index < -0.39 is 6.17 Å². The number of likely N-dealkylation sites (tertiary alicyclic amines) is 1. The molecule has 0 spiro atoms. The molecule has 0 radical (unpaired) electrons. The topological polar surface area (TPSA) is 64.3 Å². The Labute approximate surface area is 158 Å². The van der Waals surface area contributed by atoms with E-state index in [1.165, 1.54) is 0 Å². The minimum Gasteiger partial charge on any atom is -0.355 e. The van der Waals surface area contributed by atoms with Gasteiger partial charge in [-0.2, -0.15) is 5.26 Å². The fraction of sp³-hybridized carbons (Fsp3) is 0.500. The highest BCUT2D eigenvalue weighted by Crippen LogP contribution is 2.33. The standard InChI is InChI=1S/C20H24FN5O/c1-13-9-14(21)11-26(13)20(27)23-15-7-8-25(12-15)19-17(10-22)16-5-3-4-6-18(16)24(19)2/h3-6,13-15H,7-9,11-12H2,1-2H3,(H,23,27)/t13-,14+,15+/m1/s1. The van der Waals surface area contributed by atoms with Gasteiger partial charge in [0.15, 0.2) is 0 Å². The zero-order chi connectivity index (χ0) is 19.1. The summed E-state index contributed by atoms with van der Waals surface area (Å²) < 4.78 is 15.6. The normalized spacial score (nSPS) is 25.2. The molecule has 2 fully saturated rings. The summed E-state index contributed by atoms with van der Waals surface area (Å²) in [5, 5.41) is 13.7. The van der Waals surface area contributed by atoms with Crippen LogP contribution in [-0.2, 0) is 7.05 Å². The van der Waals surface area contributed by atoms with Gasteiger partial charge in [0.2, 0.25) is 0 Å². The lowest BCUT2D eigenvalue weighted by molar-refractivity contribution is 0.190. The van der Waals surface area contributed by atoms with Crippen molar-refractivity contribution in [1.29, 1.82) is 5.26 Å². The van der Waals surface area contributed by atoms with Crippen LogP contribution in [0.5, 0.6) is 0 Å². The fourth-order valence-corrected chi connectivity index (χ4v) is 4.44. The van der Waals surface area contributed by atoms with Gasteiger partial charge < -0.3 is 19.7 Å². The number of carbonyl (C=O) groups excluding carboxylic acids is 1. The molecule has 142 valence electrons. The van der Waals surface area contributed by atoms with Crippen molar-refractivity contribution in [1.82, 2.24) is 14.8 Å². The lowest BCUT2D eigenvalue weighted by Crippen LogP contribution is -2.47. The molecule has 0 unspecified atom stereocenters. The molecule has 6 nitrogen and oxygen atoms in total. The number of amides is 2. The summed E-state index contributed by atoms with van der Waals surface area (Å²) in [6.07, 6.45) is 0.283. The molecule has 0 bridgehead atoms. The van der Waals surface area contributed by atoms with Crippen LogP contribution in [0.2, 0.25) is 0 Å². The van der Waals surface area contributed by atoms with Crippen LogP contribution in [0, 0.1) is 11.3 Å². The first kappa shape index (κ1) is 17.7. The van der Waals surface area contributed by atoms with Gasteiger partial charge in [0.05, 0.1) is 12.1 Å². The van der Waals surface area contributed by atoms with Crippen molar-refractivity contribution in [3.05, 3.63) is 29.8 Å². The number of carbonyl (C=O) groups is 1. The summed E-state index contributed by atoms with van der Waals surface area (Å²) in [6.45, 7) is 3.47. The maximum absolute atomic E-state index is 13.5. The largest absolute Gasteiger partial charge is 0.355 e. The van der Waals surface area contributed by atoms with Crippen LogP contribution in [0.25, 0.3) is 10.9 Å². The summed E-state index contributed by atoms with van der Waals surface area (Å²) in [7, 11) is 1.97. The van der Waals surface area contributed by atoms with Crippen molar-refractivity contribution in [3.8, 4) is 6.07 Å². The molecule has 1 N–H and O–H groups in total. The molecule has 3 atom stereocenters. The number of hydrogen-bond acceptors (Lipinski definition) is 3. The second-order valence-electron chi connectivity index (χ2n) is 7.60. The van der Waals surface area contributed by atoms with Crippen LogP contribution in [0.4, 0.5) is 15.0 Å². The van der Waals surface area contributed by atoms with E-state index in [0.717, 1.165) is 29.7 Å². The first-order valence-corrected chi connectivity index (χ1v) is 9.43. The second-order valence-corrected chi connectivity index (χ2v) is 7.60. The quantitative estimate of drug-likeness (QED) is 0.885. The molecule has 2 saturated heterocycles. The van der Waals surface area contributed by atoms with Gasteiger partial charge in [0, 0.05) is 44.0 Å². The molecular weight excluding hydrogens is 345 g/mol. The number of alkyl halides is 1. The van der Waals surface area contributed by atoms with Crippen LogP contribution >= 0.6 is 0 Å². The molecule has 1 aromatic carbocycles. The van der Waals surface area contributed by atoms with Crippen LogP contribution in [0.3, 0.4) is 0 Å². The number of aromatic nitrogens is 1. The first-order chi connectivity index (χ1) is 13.0. The number of urea groups is 1. The highest BCUT2D eigenvalue weighted by atomic mass is 19.1. The number of hydrogen-bond donors (Lipinski definition) is 1. The van der Waals surface area contributed by atoms with Gasteiger partial charge >= 0.3 is 6.03 Å². The molecule has 1 aromatic heterocycles. The average molecular weight is 369 g/mol. The SMILES string of the molecule is C[C@@H]1C[C@H](F)CN1C(=O)N[C@H]1CCN(c2c(C#N)c3ccccc3n2C)C1. The molecule has 2 aromatic rings. The van der Waals surface area contributed by atoms with Crippen LogP contribution in [-0.4, -0.2) is 53.4 Å². The third kappa shape index (κ3) is 2.99. The lowest BCUT2D eigenvalue weighted by atomic mass is 10.2. The molecule has 2 aliphatic rings. The van der Waals surface area contributed by atoms with Gasteiger partial charge in [-0.05, 0) is 19.4 Å². The molecule has 4 rings (SSSR count). The number of fused-ring (bicyclic) bond motifs is 1. The Kier molecular flexibility index (Phi) is 4.42. The van der Waals surface area contributed by atoms with Crippen molar-refractivity contribution in [2.24, 2.45) is 7.05 Å². The fourth-order valence-electron chi connectivity index (χ4n) is 4.44. The van der Waals surface area contributed by atoms with E-state index in [4.69, 9.17) is 0 Å². The van der Waals surface area contributed by atoms with Crippen molar-refractivity contribution in [3.63, 3.8) is 0 Å². The summed E-state index contributed by atoms with van der Waals surface area (Å²) in [5.74, 6) is 0.897. The van der Waals surface area contributed by atoms with Gasteiger partial charge in [0.1, 0.15) is 23.6 Å². The Morgan fingerprint density at radius 2 is 2.11 bits per heavy atom. The van der Waals surface area contributed by atoms with Gasteiger partial charge in [0.25, 0.3) is 0 Å². The molecule has 0 aliphatic carbocycles. The van der Waals surface area contributed by atoms with Gasteiger partial charge in [-0.15, -0.1) is 0 Å². The molecule has 2 amide bonds. The van der Waals surface area contributed by atoms with E-state index in [0.29, 0.717) is 18.5 Å². The number of rotatable bonds is 2. The Morgan fingerprint density at radius 1 is 1.33 bits per heavy atom. The minimum absolute atomic E-state index is 0.00656. The smallest absolute Gasteiger partial charge is 0.318 e. The summed E-state index contributed by atoms with van der Waals surface area (Å²) in [4.78, 5) is 16.3. The minimum atomic E-state index is -0.931. The number of nitrogens with zero attached hydrogens (tertiary/aromatic N) is 4. The lowest BCUT2D eigenvalue weighted by Gasteiger charge is -2.24. The van der Waals surface area contributed by atoms with Crippen molar-refractivity contribution >= 4 is 22.8 Å². The van der Waals surface area contributed by atoms with Crippen molar-refractivity contribution in [2.45, 2.75) is 38.0 Å². The summed E-state index contributed by atoms with van der Waals surface area (Å²) in [6, 6.07) is 9.97. The number of halogens is 1. The number of benzene rings is 1. The van der Waals surface area contributed by atoms with E-state index >= 15 is 0 Å². The number of para-hydroxylation sites is 1. The van der Waals surface area contributed by atoms with E-state index in [9.17, 15) is 14.4 Å². The van der Waals surface area contributed by atoms with Crippen LogP contribution < -0.4 is 10.2 Å². The maximum atomic E-state index is 13.5. The highest BCUT2D eigenvalue weighted by Gasteiger charge is 2.35. The number of nitrogens with one attached hydrogen (secondary N) is 1. The first-order valence-electron chi connectivity index (χ1n) is 9.43. The number of aryl methyl sites for hydroxylation is 1. The zero-order valence-corrected chi connectivity index (χ0v) is 15.7. The third-order valence-electron chi connectivity index (χ3n) is 5.79. The van der Waals surface area contributed by atoms with Gasteiger partial charge in [-0.3, -0.25) is 0 Å².